The molecule has 1 saturated heterocycles. The highest BCUT2D eigenvalue weighted by Crippen LogP contribution is 2.16. The second-order valence-electron chi connectivity index (χ2n) is 6.52. The van der Waals surface area contributed by atoms with Gasteiger partial charge in [0.25, 0.3) is 0 Å². The van der Waals surface area contributed by atoms with Crippen molar-refractivity contribution in [1.29, 1.82) is 0 Å². The largest absolute Gasteiger partial charge is 0.379 e. The first kappa shape index (κ1) is 18.7. The van der Waals surface area contributed by atoms with E-state index < -0.39 is 0 Å². The second-order valence-corrected chi connectivity index (χ2v) is 6.52. The minimum absolute atomic E-state index is 0.00965. The molecule has 1 aliphatic heterocycles. The Bertz CT molecular complexity index is 522. The molecule has 0 aliphatic carbocycles. The van der Waals surface area contributed by atoms with Crippen LogP contribution in [0.4, 0.5) is 0 Å². The number of hydrogen-bond acceptors (Lipinski definition) is 6. The van der Waals surface area contributed by atoms with E-state index in [0.717, 1.165) is 45.4 Å². The van der Waals surface area contributed by atoms with E-state index in [1.165, 1.54) is 0 Å². The fraction of sp³-hybridized carbons (Fsp3) is 0.812. The Balaban J connectivity index is 1.84. The Labute approximate surface area is 144 Å². The van der Waals surface area contributed by atoms with Gasteiger partial charge >= 0.3 is 0 Å². The van der Waals surface area contributed by atoms with Crippen molar-refractivity contribution in [3.05, 3.63) is 11.7 Å². The van der Waals surface area contributed by atoms with Crippen LogP contribution >= 0.6 is 0 Å². The third kappa shape index (κ3) is 5.76. The molecule has 0 bridgehead atoms. The smallest absolute Gasteiger partial charge is 0.228 e. The van der Waals surface area contributed by atoms with Gasteiger partial charge in [0, 0.05) is 38.1 Å². The minimum Gasteiger partial charge on any atom is -0.379 e. The molecule has 1 aromatic heterocycles. The number of guanidine groups is 1. The first-order valence-electron chi connectivity index (χ1n) is 8.65. The highest BCUT2D eigenvalue weighted by Gasteiger charge is 2.28. The molecule has 2 heterocycles. The summed E-state index contributed by atoms with van der Waals surface area (Å²) in [6.45, 7) is 14.1. The average Bonchev–Trinajstić information content (AvgIpc) is 2.99. The molecule has 136 valence electrons. The normalized spacial score (nSPS) is 17.1. The molecular formula is C16H30N6O2. The van der Waals surface area contributed by atoms with E-state index >= 15 is 0 Å². The fourth-order valence-electron chi connectivity index (χ4n) is 2.61. The zero-order valence-electron chi connectivity index (χ0n) is 15.3. The summed E-state index contributed by atoms with van der Waals surface area (Å²) in [4.78, 5) is 11.4. The van der Waals surface area contributed by atoms with Crippen LogP contribution in [-0.2, 0) is 11.2 Å². The molecular weight excluding hydrogens is 308 g/mol. The fourth-order valence-corrected chi connectivity index (χ4v) is 2.61. The van der Waals surface area contributed by atoms with Gasteiger partial charge in [-0.3, -0.25) is 9.89 Å². The highest BCUT2D eigenvalue weighted by molar-refractivity contribution is 5.79. The second kappa shape index (κ2) is 8.98. The van der Waals surface area contributed by atoms with Crippen LogP contribution in [0.1, 0.15) is 32.5 Å². The van der Waals surface area contributed by atoms with Crippen molar-refractivity contribution in [1.82, 2.24) is 25.7 Å². The van der Waals surface area contributed by atoms with Crippen molar-refractivity contribution in [3.63, 3.8) is 0 Å². The van der Waals surface area contributed by atoms with Crippen molar-refractivity contribution >= 4 is 5.96 Å². The van der Waals surface area contributed by atoms with Crippen LogP contribution in [0, 0.1) is 6.92 Å². The highest BCUT2D eigenvalue weighted by atomic mass is 16.5. The van der Waals surface area contributed by atoms with Crippen LogP contribution in [0.15, 0.2) is 9.52 Å². The monoisotopic (exact) mass is 338 g/mol. The Kier molecular flexibility index (Phi) is 6.99. The Hall–Kier alpha value is -1.67. The summed E-state index contributed by atoms with van der Waals surface area (Å²) in [7, 11) is 0. The van der Waals surface area contributed by atoms with Crippen LogP contribution in [0.5, 0.6) is 0 Å². The van der Waals surface area contributed by atoms with E-state index in [0.29, 0.717) is 24.7 Å². The lowest BCUT2D eigenvalue weighted by atomic mass is 10.0. The minimum atomic E-state index is 0.00965. The molecule has 8 heteroatoms. The van der Waals surface area contributed by atoms with Gasteiger partial charge in [0.2, 0.25) is 5.89 Å². The molecule has 0 aromatic carbocycles. The number of hydrogen-bond donors (Lipinski definition) is 2. The van der Waals surface area contributed by atoms with Gasteiger partial charge in [-0.2, -0.15) is 4.98 Å². The van der Waals surface area contributed by atoms with E-state index in [9.17, 15) is 0 Å². The van der Waals surface area contributed by atoms with E-state index in [1.807, 2.05) is 6.92 Å². The number of aromatic nitrogens is 2. The summed E-state index contributed by atoms with van der Waals surface area (Å²) in [6.07, 6.45) is 0.679. The summed E-state index contributed by atoms with van der Waals surface area (Å²) >= 11 is 0. The quantitative estimate of drug-likeness (QED) is 0.555. The lowest BCUT2D eigenvalue weighted by Gasteiger charge is -2.39. The van der Waals surface area contributed by atoms with Gasteiger partial charge in [0.15, 0.2) is 11.8 Å². The third-order valence-electron chi connectivity index (χ3n) is 4.04. The van der Waals surface area contributed by atoms with Gasteiger partial charge in [-0.15, -0.1) is 0 Å². The van der Waals surface area contributed by atoms with Crippen LogP contribution in [0.3, 0.4) is 0 Å². The third-order valence-corrected chi connectivity index (χ3v) is 4.04. The summed E-state index contributed by atoms with van der Waals surface area (Å²) in [5.74, 6) is 2.12. The van der Waals surface area contributed by atoms with Crippen molar-refractivity contribution in [3.8, 4) is 0 Å². The lowest BCUT2D eigenvalue weighted by Crippen LogP contribution is -2.52. The maximum atomic E-state index is 5.43. The van der Waals surface area contributed by atoms with Gasteiger partial charge in [0.1, 0.15) is 0 Å². The number of morpholine rings is 1. The Morgan fingerprint density at radius 2 is 2.04 bits per heavy atom. The first-order valence-corrected chi connectivity index (χ1v) is 8.65. The summed E-state index contributed by atoms with van der Waals surface area (Å²) in [6, 6.07) is 0. The predicted molar refractivity (Wildman–Crippen MR) is 93.2 cm³/mol. The number of rotatable bonds is 7. The van der Waals surface area contributed by atoms with Gasteiger partial charge in [0.05, 0.1) is 19.8 Å². The van der Waals surface area contributed by atoms with Gasteiger partial charge in [-0.1, -0.05) is 5.16 Å². The number of aliphatic imine (C=N–C) groups is 1. The maximum absolute atomic E-state index is 5.43. The molecule has 2 rings (SSSR count). The molecule has 1 fully saturated rings. The first-order chi connectivity index (χ1) is 11.5. The van der Waals surface area contributed by atoms with E-state index in [1.54, 1.807) is 0 Å². The molecule has 0 atom stereocenters. The van der Waals surface area contributed by atoms with Gasteiger partial charge in [-0.25, -0.2) is 0 Å². The van der Waals surface area contributed by atoms with Crippen LogP contribution < -0.4 is 10.6 Å². The SMILES string of the molecule is CCNC(=NCC(C)(C)N1CCOCC1)NCCc1nc(C)no1. The molecule has 0 spiro atoms. The van der Waals surface area contributed by atoms with Crippen molar-refractivity contribution in [2.24, 2.45) is 4.99 Å². The van der Waals surface area contributed by atoms with E-state index in [4.69, 9.17) is 14.3 Å². The van der Waals surface area contributed by atoms with E-state index in [-0.39, 0.29) is 5.54 Å². The lowest BCUT2D eigenvalue weighted by molar-refractivity contribution is -0.00683. The van der Waals surface area contributed by atoms with Crippen LogP contribution in [-0.4, -0.2) is 72.5 Å². The number of aryl methyl sites for hydroxylation is 1. The molecule has 1 aliphatic rings. The standard InChI is InChI=1S/C16H30N6O2/c1-5-17-15(18-7-6-14-20-13(2)21-24-14)19-12-16(3,4)22-8-10-23-11-9-22/h5-12H2,1-4H3,(H2,17,18,19). The maximum Gasteiger partial charge on any atom is 0.228 e. The number of nitrogens with one attached hydrogen (secondary N) is 2. The van der Waals surface area contributed by atoms with Gasteiger partial charge in [-0.05, 0) is 27.7 Å². The number of ether oxygens (including phenoxy) is 1. The molecule has 1 aromatic rings. The van der Waals surface area contributed by atoms with Crippen molar-refractivity contribution in [2.45, 2.75) is 39.7 Å². The summed E-state index contributed by atoms with van der Waals surface area (Å²) in [5.41, 5.74) is 0.00965. The Morgan fingerprint density at radius 1 is 1.29 bits per heavy atom. The average molecular weight is 338 g/mol. The molecule has 8 nitrogen and oxygen atoms in total. The number of nitrogens with zero attached hydrogens (tertiary/aromatic N) is 4. The Morgan fingerprint density at radius 3 is 2.67 bits per heavy atom. The van der Waals surface area contributed by atoms with Gasteiger partial charge < -0.3 is 19.9 Å². The molecule has 0 saturated carbocycles. The zero-order valence-corrected chi connectivity index (χ0v) is 15.3. The van der Waals surface area contributed by atoms with Crippen LogP contribution in [0.25, 0.3) is 0 Å². The molecule has 0 unspecified atom stereocenters. The molecule has 2 N–H and O–H groups in total. The van der Waals surface area contributed by atoms with Crippen LogP contribution in [0.2, 0.25) is 0 Å². The molecule has 0 radical (unpaired) electrons. The zero-order chi connectivity index (χ0) is 17.4. The van der Waals surface area contributed by atoms with E-state index in [2.05, 4.69) is 46.4 Å². The van der Waals surface area contributed by atoms with Crippen molar-refractivity contribution < 1.29 is 9.26 Å². The van der Waals surface area contributed by atoms with Crippen molar-refractivity contribution in [2.75, 3.05) is 45.9 Å². The molecule has 24 heavy (non-hydrogen) atoms. The predicted octanol–water partition coefficient (Wildman–Crippen LogP) is 0.586. The summed E-state index contributed by atoms with van der Waals surface area (Å²) in [5, 5.41) is 10.4. The summed E-state index contributed by atoms with van der Waals surface area (Å²) < 4.78 is 10.6. The molecule has 0 amide bonds. The topological polar surface area (TPSA) is 87.8 Å².